The van der Waals surface area contributed by atoms with Gasteiger partial charge in [-0.2, -0.15) is 0 Å². The Labute approximate surface area is 120 Å². The number of terminal acetylenes is 1. The number of rotatable bonds is 5. The third-order valence-corrected chi connectivity index (χ3v) is 3.72. The van der Waals surface area contributed by atoms with Crippen molar-refractivity contribution in [3.05, 3.63) is 27.7 Å². The van der Waals surface area contributed by atoms with E-state index in [1.807, 2.05) is 0 Å². The quantitative estimate of drug-likeness (QED) is 0.499. The van der Waals surface area contributed by atoms with Crippen molar-refractivity contribution < 1.29 is 4.79 Å². The van der Waals surface area contributed by atoms with Crippen LogP contribution in [0.25, 0.3) is 0 Å². The first-order valence-corrected chi connectivity index (χ1v) is 7.01. The average molecular weight is 303 g/mol. The van der Waals surface area contributed by atoms with Crippen LogP contribution in [0.4, 0.5) is 5.69 Å². The summed E-state index contributed by atoms with van der Waals surface area (Å²) in [6.45, 7) is 0.533. The molecule has 0 unspecified atom stereocenters. The maximum absolute atomic E-state index is 11.8. The Balaban J connectivity index is 2.55. The molecular weight excluding hydrogens is 291 g/mol. The molecule has 0 fully saturated rings. The van der Waals surface area contributed by atoms with E-state index in [1.165, 1.54) is 12.1 Å². The van der Waals surface area contributed by atoms with Crippen LogP contribution in [0.15, 0.2) is 12.1 Å². The van der Waals surface area contributed by atoms with Gasteiger partial charge in [-0.15, -0.1) is 18.2 Å². The minimum atomic E-state index is -0.235. The summed E-state index contributed by atoms with van der Waals surface area (Å²) in [5.41, 5.74) is 6.31. The Morgan fingerprint density at radius 2 is 2.22 bits per heavy atom. The number of nitrogens with one attached hydrogen (secondary N) is 1. The molecule has 96 valence electrons. The third kappa shape index (κ3) is 4.34. The lowest BCUT2D eigenvalue weighted by Crippen LogP contribution is -2.25. The second kappa shape index (κ2) is 7.42. The van der Waals surface area contributed by atoms with Crippen LogP contribution in [-0.2, 0) is 0 Å². The van der Waals surface area contributed by atoms with Gasteiger partial charge < -0.3 is 11.1 Å². The standard InChI is InChI=1S/C12H12Cl2N2OS/c1-2-4-18-5-3-16-12(17)8-6-9(13)11(14)10(15)7-8/h1,6-7H,3-5,15H2,(H,16,17). The number of nitrogens with two attached hydrogens (primary N) is 1. The first-order chi connectivity index (χ1) is 8.56. The highest BCUT2D eigenvalue weighted by atomic mass is 35.5. The highest BCUT2D eigenvalue weighted by molar-refractivity contribution is 7.99. The van der Waals surface area contributed by atoms with Gasteiger partial charge in [-0.3, -0.25) is 4.79 Å². The van der Waals surface area contributed by atoms with Crippen LogP contribution in [0.1, 0.15) is 10.4 Å². The van der Waals surface area contributed by atoms with Gasteiger partial charge in [-0.25, -0.2) is 0 Å². The van der Waals surface area contributed by atoms with Gasteiger partial charge in [-0.1, -0.05) is 29.1 Å². The van der Waals surface area contributed by atoms with Gasteiger partial charge in [0.05, 0.1) is 21.5 Å². The molecule has 18 heavy (non-hydrogen) atoms. The normalized spacial score (nSPS) is 9.83. The monoisotopic (exact) mass is 302 g/mol. The fourth-order valence-corrected chi connectivity index (χ4v) is 2.06. The molecule has 0 saturated heterocycles. The molecule has 1 aromatic carbocycles. The van der Waals surface area contributed by atoms with Gasteiger partial charge in [0, 0.05) is 17.9 Å². The zero-order chi connectivity index (χ0) is 13.5. The molecular formula is C12H12Cl2N2OS. The molecule has 0 bridgehead atoms. The molecule has 3 nitrogen and oxygen atoms in total. The van der Waals surface area contributed by atoms with Crippen LogP contribution in [0.5, 0.6) is 0 Å². The van der Waals surface area contributed by atoms with E-state index in [4.69, 9.17) is 35.4 Å². The van der Waals surface area contributed by atoms with E-state index in [1.54, 1.807) is 11.8 Å². The number of thioether (sulfide) groups is 1. The van der Waals surface area contributed by atoms with Crippen molar-refractivity contribution in [2.45, 2.75) is 0 Å². The van der Waals surface area contributed by atoms with Gasteiger partial charge in [-0.05, 0) is 12.1 Å². The molecule has 0 aliphatic heterocycles. The average Bonchev–Trinajstić information content (AvgIpc) is 2.34. The van der Waals surface area contributed by atoms with Gasteiger partial charge in [0.25, 0.3) is 5.91 Å². The van der Waals surface area contributed by atoms with E-state index >= 15 is 0 Å². The summed E-state index contributed by atoms with van der Waals surface area (Å²) in [7, 11) is 0. The van der Waals surface area contributed by atoms with Crippen LogP contribution in [0.2, 0.25) is 10.0 Å². The summed E-state index contributed by atoms with van der Waals surface area (Å²) in [4.78, 5) is 11.8. The SMILES string of the molecule is C#CCSCCNC(=O)c1cc(N)c(Cl)c(Cl)c1. The number of halogens is 2. The van der Waals surface area contributed by atoms with Crippen molar-refractivity contribution >= 4 is 46.6 Å². The second-order valence-electron chi connectivity index (χ2n) is 3.37. The lowest BCUT2D eigenvalue weighted by molar-refractivity contribution is 0.0956. The molecule has 1 amide bonds. The Morgan fingerprint density at radius 1 is 1.50 bits per heavy atom. The van der Waals surface area contributed by atoms with Gasteiger partial charge >= 0.3 is 0 Å². The van der Waals surface area contributed by atoms with Gasteiger partial charge in [0.15, 0.2) is 0 Å². The lowest BCUT2D eigenvalue weighted by Gasteiger charge is -2.07. The van der Waals surface area contributed by atoms with Gasteiger partial charge in [0.1, 0.15) is 0 Å². The summed E-state index contributed by atoms with van der Waals surface area (Å²) in [5, 5.41) is 3.28. The predicted molar refractivity (Wildman–Crippen MR) is 79.4 cm³/mol. The highest BCUT2D eigenvalue weighted by Gasteiger charge is 2.10. The number of hydrogen-bond acceptors (Lipinski definition) is 3. The number of hydrogen-bond donors (Lipinski definition) is 2. The molecule has 1 rings (SSSR count). The molecule has 1 aromatic rings. The zero-order valence-electron chi connectivity index (χ0n) is 9.50. The van der Waals surface area contributed by atoms with E-state index in [-0.39, 0.29) is 21.6 Å². The number of nitrogen functional groups attached to an aromatic ring is 1. The number of anilines is 1. The molecule has 0 aliphatic carbocycles. The molecule has 0 spiro atoms. The fourth-order valence-electron chi connectivity index (χ4n) is 1.21. The van der Waals surface area contributed by atoms with Crippen LogP contribution in [0.3, 0.4) is 0 Å². The minimum Gasteiger partial charge on any atom is -0.397 e. The van der Waals surface area contributed by atoms with Crippen molar-refractivity contribution in [1.29, 1.82) is 0 Å². The predicted octanol–water partition coefficient (Wildman–Crippen LogP) is 2.67. The Kier molecular flexibility index (Phi) is 6.20. The van der Waals surface area contributed by atoms with Gasteiger partial charge in [0.2, 0.25) is 0 Å². The summed E-state index contributed by atoms with van der Waals surface area (Å²) in [6.07, 6.45) is 5.11. The Bertz CT molecular complexity index is 462. The van der Waals surface area contributed by atoms with E-state index < -0.39 is 0 Å². The smallest absolute Gasteiger partial charge is 0.251 e. The number of benzene rings is 1. The zero-order valence-corrected chi connectivity index (χ0v) is 11.8. The van der Waals surface area contributed by atoms with Crippen LogP contribution in [-0.4, -0.2) is 24.0 Å². The summed E-state index contributed by atoms with van der Waals surface area (Å²) in [5.74, 6) is 3.67. The van der Waals surface area contributed by atoms with Crippen LogP contribution >= 0.6 is 35.0 Å². The third-order valence-electron chi connectivity index (χ3n) is 2.04. The molecule has 0 heterocycles. The largest absolute Gasteiger partial charge is 0.397 e. The molecule has 0 atom stereocenters. The lowest BCUT2D eigenvalue weighted by atomic mass is 10.2. The van der Waals surface area contributed by atoms with Crippen molar-refractivity contribution in [3.8, 4) is 12.3 Å². The molecule has 0 aliphatic rings. The molecule has 0 aromatic heterocycles. The highest BCUT2D eigenvalue weighted by Crippen LogP contribution is 2.29. The Morgan fingerprint density at radius 3 is 2.83 bits per heavy atom. The van der Waals surface area contributed by atoms with Crippen LogP contribution in [0, 0.1) is 12.3 Å². The maximum atomic E-state index is 11.8. The van der Waals surface area contributed by atoms with Crippen LogP contribution < -0.4 is 11.1 Å². The Hall–Kier alpha value is -1.02. The van der Waals surface area contributed by atoms with Crippen molar-refractivity contribution in [3.63, 3.8) is 0 Å². The second-order valence-corrected chi connectivity index (χ2v) is 5.26. The fraction of sp³-hybridized carbons (Fsp3) is 0.250. The van der Waals surface area contributed by atoms with E-state index in [9.17, 15) is 4.79 Å². The maximum Gasteiger partial charge on any atom is 0.251 e. The first kappa shape index (κ1) is 15.0. The molecule has 6 heteroatoms. The summed E-state index contributed by atoms with van der Waals surface area (Å²) >= 11 is 13.2. The van der Waals surface area contributed by atoms with Crippen molar-refractivity contribution in [2.75, 3.05) is 23.8 Å². The van der Waals surface area contributed by atoms with E-state index in [0.717, 1.165) is 5.75 Å². The first-order valence-electron chi connectivity index (χ1n) is 5.10. The van der Waals surface area contributed by atoms with E-state index in [0.29, 0.717) is 17.9 Å². The van der Waals surface area contributed by atoms with Crippen molar-refractivity contribution in [2.24, 2.45) is 0 Å². The van der Waals surface area contributed by atoms with E-state index in [2.05, 4.69) is 11.2 Å². The topological polar surface area (TPSA) is 55.1 Å². The number of carbonyl (C=O) groups excluding carboxylic acids is 1. The number of carbonyl (C=O) groups is 1. The molecule has 0 radical (unpaired) electrons. The summed E-state index contributed by atoms with van der Waals surface area (Å²) < 4.78 is 0. The minimum absolute atomic E-state index is 0.235. The number of amides is 1. The molecule has 3 N–H and O–H groups in total. The summed E-state index contributed by atoms with van der Waals surface area (Å²) in [6, 6.07) is 2.99. The molecule has 0 saturated carbocycles. The van der Waals surface area contributed by atoms with Crippen molar-refractivity contribution in [1.82, 2.24) is 5.32 Å².